The van der Waals surface area contributed by atoms with Crippen molar-refractivity contribution in [1.82, 2.24) is 0 Å². The Morgan fingerprint density at radius 3 is 1.09 bits per heavy atom. The molecule has 0 heterocycles. The number of hydrogen-bond acceptors (Lipinski definition) is 0. The number of hydrogen-bond donors (Lipinski definition) is 0. The van der Waals surface area contributed by atoms with Crippen LogP contribution in [-0.2, 0) is 0 Å². The fraction of sp³-hybridized carbons (Fsp3) is 1.00. The lowest BCUT2D eigenvalue weighted by Crippen LogP contribution is -1.84. The van der Waals surface area contributed by atoms with Crippen LogP contribution in [0.2, 0.25) is 0 Å². The maximum atomic E-state index is 3.75. The van der Waals surface area contributed by atoms with E-state index in [0.29, 0.717) is 0 Å². The van der Waals surface area contributed by atoms with E-state index in [1.807, 2.05) is 0 Å². The van der Waals surface area contributed by atoms with Crippen LogP contribution in [0.4, 0.5) is 0 Å². The van der Waals surface area contributed by atoms with Crippen LogP contribution < -0.4 is 0 Å². The zero-order valence-corrected chi connectivity index (χ0v) is 20.5. The maximum Gasteiger partial charge on any atom is -0.0227 e. The zero-order chi connectivity index (χ0) is 17.1. The van der Waals surface area contributed by atoms with Crippen molar-refractivity contribution in [2.45, 2.75) is 91.9 Å². The predicted molar refractivity (Wildman–Crippen MR) is 120 cm³/mol. The molecule has 0 fully saturated rings. The lowest BCUT2D eigenvalue weighted by Gasteiger charge is -2.07. The van der Waals surface area contributed by atoms with Crippen molar-refractivity contribution in [1.29, 1.82) is 0 Å². The Bertz CT molecular complexity index is 172. The van der Waals surface area contributed by atoms with E-state index in [-0.39, 0.29) is 13.2 Å². The van der Waals surface area contributed by atoms with Crippen LogP contribution in [0.25, 0.3) is 0 Å². The largest absolute Gasteiger partial charge is 0.0654 e. The third kappa shape index (κ3) is 24.1. The first-order chi connectivity index (χ1) is 10.6. The van der Waals surface area contributed by atoms with E-state index in [1.165, 1.54) is 88.9 Å². The molecular weight excluding hydrogens is 438 g/mol. The quantitative estimate of drug-likeness (QED) is 0.172. The van der Waals surface area contributed by atoms with Gasteiger partial charge in [-0.15, -0.1) is 0 Å². The van der Waals surface area contributed by atoms with Gasteiger partial charge in [-0.05, 0) is 50.7 Å². The van der Waals surface area contributed by atoms with E-state index >= 15 is 0 Å². The Morgan fingerprint density at radius 1 is 0.455 bits per heavy atom. The summed E-state index contributed by atoms with van der Waals surface area (Å²) in [4.78, 5) is 0. The maximum absolute atomic E-state index is 3.75. The first kappa shape index (κ1) is 26.1. The topological polar surface area (TPSA) is 0 Å². The van der Waals surface area contributed by atoms with E-state index in [1.54, 1.807) is 0 Å². The van der Waals surface area contributed by atoms with Crippen LogP contribution in [0.3, 0.4) is 0 Å². The standard InChI is InChI=1S/2C9H20BrP/c2*1-3-5-6-7-9-11(10)8-4-2/h2*3-9H2,1-2H3. The predicted octanol–water partition coefficient (Wildman–Crippen LogP) is 9.54. The lowest BCUT2D eigenvalue weighted by atomic mass is 10.2. The normalized spacial score (nSPS) is 13.4. The molecule has 0 aliphatic carbocycles. The summed E-state index contributed by atoms with van der Waals surface area (Å²) < 4.78 is 0. The van der Waals surface area contributed by atoms with Crippen molar-refractivity contribution in [3.8, 4) is 0 Å². The van der Waals surface area contributed by atoms with Gasteiger partial charge in [0.05, 0.1) is 0 Å². The molecule has 0 rings (SSSR count). The van der Waals surface area contributed by atoms with E-state index in [4.69, 9.17) is 0 Å². The molecule has 22 heavy (non-hydrogen) atoms. The average molecular weight is 478 g/mol. The first-order valence-electron chi connectivity index (χ1n) is 9.43. The van der Waals surface area contributed by atoms with E-state index < -0.39 is 0 Å². The molecule has 0 N–H and O–H groups in total. The van der Waals surface area contributed by atoms with E-state index in [9.17, 15) is 0 Å². The van der Waals surface area contributed by atoms with Gasteiger partial charge in [0.2, 0.25) is 0 Å². The van der Waals surface area contributed by atoms with Crippen LogP contribution in [0, 0.1) is 0 Å². The van der Waals surface area contributed by atoms with Crippen LogP contribution in [0.1, 0.15) is 91.9 Å². The number of unbranched alkanes of at least 4 members (excludes halogenated alkanes) is 6. The second-order valence-corrected chi connectivity index (χ2v) is 15.6. The highest BCUT2D eigenvalue weighted by atomic mass is 79.9. The molecule has 0 saturated carbocycles. The van der Waals surface area contributed by atoms with Gasteiger partial charge in [0, 0.05) is 0 Å². The van der Waals surface area contributed by atoms with Crippen LogP contribution in [0.15, 0.2) is 0 Å². The summed E-state index contributed by atoms with van der Waals surface area (Å²) in [7, 11) is 0. The van der Waals surface area contributed by atoms with Crippen molar-refractivity contribution in [2.24, 2.45) is 0 Å². The Labute approximate surface area is 160 Å². The minimum atomic E-state index is 0.215. The Morgan fingerprint density at radius 2 is 0.818 bits per heavy atom. The van der Waals surface area contributed by atoms with Gasteiger partial charge in [0.15, 0.2) is 0 Å². The van der Waals surface area contributed by atoms with E-state index in [2.05, 4.69) is 58.7 Å². The van der Waals surface area contributed by atoms with Gasteiger partial charge in [-0.3, -0.25) is 0 Å². The SMILES string of the molecule is CCCCCCP(Br)CCC.CCCCCCP(Br)CCC. The Hall–Kier alpha value is 1.82. The molecule has 136 valence electrons. The molecule has 4 heteroatoms. The lowest BCUT2D eigenvalue weighted by molar-refractivity contribution is 0.705. The van der Waals surface area contributed by atoms with Crippen molar-refractivity contribution < 1.29 is 0 Å². The highest BCUT2D eigenvalue weighted by Gasteiger charge is 2.00. The van der Waals surface area contributed by atoms with Gasteiger partial charge in [0.25, 0.3) is 0 Å². The molecule has 0 spiro atoms. The molecule has 0 aromatic rings. The van der Waals surface area contributed by atoms with Gasteiger partial charge in [-0.1, -0.05) is 110 Å². The first-order valence-corrected chi connectivity index (χ1v) is 16.9. The molecule has 2 atom stereocenters. The molecular formula is C18H40Br2P2. The van der Waals surface area contributed by atoms with Gasteiger partial charge < -0.3 is 0 Å². The van der Waals surface area contributed by atoms with Crippen molar-refractivity contribution in [3.63, 3.8) is 0 Å². The van der Waals surface area contributed by atoms with Crippen LogP contribution in [0.5, 0.6) is 0 Å². The molecule has 0 aromatic heterocycles. The van der Waals surface area contributed by atoms with Crippen molar-refractivity contribution >= 4 is 44.2 Å². The Kier molecular flexibility index (Phi) is 27.0. The molecule has 2 unspecified atom stereocenters. The highest BCUT2D eigenvalue weighted by molar-refractivity contribution is 9.39. The third-order valence-corrected chi connectivity index (χ3v) is 11.2. The van der Waals surface area contributed by atoms with Crippen molar-refractivity contribution in [3.05, 3.63) is 0 Å². The molecule has 0 radical (unpaired) electrons. The highest BCUT2D eigenvalue weighted by Crippen LogP contribution is 2.45. The summed E-state index contributed by atoms with van der Waals surface area (Å²) in [6.07, 6.45) is 19.6. The second kappa shape index (κ2) is 22.8. The molecule has 0 nitrogen and oxygen atoms in total. The summed E-state index contributed by atoms with van der Waals surface area (Å²) in [5.74, 6) is 0. The summed E-state index contributed by atoms with van der Waals surface area (Å²) >= 11 is 7.51. The zero-order valence-electron chi connectivity index (χ0n) is 15.5. The average Bonchev–Trinajstić information content (AvgIpc) is 2.49. The van der Waals surface area contributed by atoms with Crippen LogP contribution in [-0.4, -0.2) is 24.6 Å². The Balaban J connectivity index is 0. The summed E-state index contributed by atoms with van der Waals surface area (Å²) in [6.45, 7) is 9.50. The minimum absolute atomic E-state index is 0.215. The summed E-state index contributed by atoms with van der Waals surface area (Å²) in [5, 5.41) is 0. The smallest absolute Gasteiger partial charge is 0.0227 e. The second-order valence-electron chi connectivity index (χ2n) is 5.94. The fourth-order valence-corrected chi connectivity index (χ4v) is 8.31. The fourth-order valence-electron chi connectivity index (χ4n) is 2.13. The molecule has 0 aliphatic heterocycles. The van der Waals surface area contributed by atoms with E-state index in [0.717, 1.165) is 0 Å². The number of rotatable bonds is 14. The molecule has 0 aromatic carbocycles. The summed E-state index contributed by atoms with van der Waals surface area (Å²) in [6, 6.07) is 0. The monoisotopic (exact) mass is 476 g/mol. The van der Waals surface area contributed by atoms with Gasteiger partial charge >= 0.3 is 0 Å². The third-order valence-electron chi connectivity index (χ3n) is 3.44. The van der Waals surface area contributed by atoms with Gasteiger partial charge in [0.1, 0.15) is 0 Å². The van der Waals surface area contributed by atoms with Gasteiger partial charge in [-0.2, -0.15) is 0 Å². The molecule has 0 bridgehead atoms. The number of halogens is 2. The molecule has 0 aliphatic rings. The van der Waals surface area contributed by atoms with Gasteiger partial charge in [-0.25, -0.2) is 0 Å². The molecule has 0 saturated heterocycles. The van der Waals surface area contributed by atoms with Crippen molar-refractivity contribution in [2.75, 3.05) is 24.6 Å². The minimum Gasteiger partial charge on any atom is -0.0654 e. The molecule has 0 amide bonds. The van der Waals surface area contributed by atoms with Crippen LogP contribution >= 0.6 is 44.2 Å². The summed E-state index contributed by atoms with van der Waals surface area (Å²) in [5.41, 5.74) is 0.